The Morgan fingerprint density at radius 2 is 1.68 bits per heavy atom. The van der Waals surface area contributed by atoms with Crippen molar-refractivity contribution < 1.29 is 29.3 Å². The van der Waals surface area contributed by atoms with Gasteiger partial charge in [-0.05, 0) is 42.8 Å². The second-order valence-electron chi connectivity index (χ2n) is 11.8. The number of aliphatic imine (C=N–C) groups is 2. The topological polar surface area (TPSA) is 211 Å². The van der Waals surface area contributed by atoms with Crippen molar-refractivity contribution in [2.24, 2.45) is 21.5 Å². The molecular weight excluding hydrogens is 606 g/mol. The molecule has 3 unspecified atom stereocenters. The number of carbonyl (C=O) groups is 3. The Morgan fingerprint density at radius 1 is 1.00 bits per heavy atom. The van der Waals surface area contributed by atoms with Crippen molar-refractivity contribution in [1.29, 1.82) is 0 Å². The standard InChI is InChI=1S/C32H33N9O6/c1-18-9-5-7-13-22(18)47-23-14-8-6-12-20(23)27(43)36-24-16-41-29(34)35-21(26-31(41,32(24,45)46)38-28(33)37-26)15-40-25(42)17-39(30(40)44)19-10-3-2-4-11-19/h2-14,21,24,26,45-46H,15-17H2,1H3,(H2,34,35)(H,36,43)(H3,33,37,38)/t21-,24?,26?,31?/m0/s1. The van der Waals surface area contributed by atoms with Crippen LogP contribution in [0.25, 0.3) is 0 Å². The number of imide groups is 1. The molecular formula is C32H33N9O6. The van der Waals surface area contributed by atoms with E-state index in [1.807, 2.05) is 25.1 Å². The summed E-state index contributed by atoms with van der Waals surface area (Å²) < 4.78 is 6.06. The molecule has 15 heteroatoms. The fourth-order valence-corrected chi connectivity index (χ4v) is 6.72. The summed E-state index contributed by atoms with van der Waals surface area (Å²) in [5.74, 6) is -3.23. The molecule has 4 aliphatic rings. The number of aliphatic hydroxyl groups is 2. The maximum Gasteiger partial charge on any atom is 0.331 e. The Balaban J connectivity index is 1.15. The molecule has 0 aromatic heterocycles. The van der Waals surface area contributed by atoms with E-state index in [0.717, 1.165) is 10.5 Å². The lowest BCUT2D eigenvalue weighted by Crippen LogP contribution is -2.78. The van der Waals surface area contributed by atoms with Gasteiger partial charge in [-0.25, -0.2) is 14.8 Å². The number of ether oxygens (including phenoxy) is 1. The number of hydrogen-bond acceptors (Lipinski definition) is 12. The molecule has 7 rings (SSSR count). The van der Waals surface area contributed by atoms with Gasteiger partial charge in [0.25, 0.3) is 11.8 Å². The molecule has 0 bridgehead atoms. The van der Waals surface area contributed by atoms with Crippen LogP contribution in [0, 0.1) is 6.92 Å². The number of para-hydroxylation sites is 3. The lowest BCUT2D eigenvalue weighted by molar-refractivity contribution is -0.230. The van der Waals surface area contributed by atoms with Gasteiger partial charge in [0.1, 0.15) is 30.1 Å². The van der Waals surface area contributed by atoms with Crippen LogP contribution >= 0.6 is 0 Å². The third kappa shape index (κ3) is 4.70. The van der Waals surface area contributed by atoms with Crippen LogP contribution in [0.5, 0.6) is 11.5 Å². The van der Waals surface area contributed by atoms with E-state index in [4.69, 9.17) is 16.2 Å². The van der Waals surface area contributed by atoms with Gasteiger partial charge in [-0.1, -0.05) is 48.5 Å². The number of amides is 4. The van der Waals surface area contributed by atoms with E-state index >= 15 is 0 Å². The number of aryl methyl sites for hydroxylation is 1. The maximum atomic E-state index is 13.7. The lowest BCUT2D eigenvalue weighted by Gasteiger charge is -2.49. The first-order chi connectivity index (χ1) is 22.5. The zero-order valence-electron chi connectivity index (χ0n) is 25.3. The number of hydrogen-bond donors (Lipinski definition) is 6. The molecule has 242 valence electrons. The first kappa shape index (κ1) is 30.0. The normalized spacial score (nSPS) is 25.9. The van der Waals surface area contributed by atoms with Crippen LogP contribution in [-0.4, -0.2) is 99.0 Å². The molecule has 4 aliphatic heterocycles. The molecule has 3 aromatic carbocycles. The molecule has 8 N–H and O–H groups in total. The summed E-state index contributed by atoms with van der Waals surface area (Å²) in [6.45, 7) is 1.27. The predicted octanol–water partition coefficient (Wildman–Crippen LogP) is 0.0307. The third-order valence-corrected chi connectivity index (χ3v) is 9.05. The molecule has 15 nitrogen and oxygen atoms in total. The molecule has 47 heavy (non-hydrogen) atoms. The Bertz CT molecular complexity index is 1830. The van der Waals surface area contributed by atoms with E-state index in [1.54, 1.807) is 60.7 Å². The van der Waals surface area contributed by atoms with Crippen LogP contribution in [0.3, 0.4) is 0 Å². The van der Waals surface area contributed by atoms with Gasteiger partial charge in [0.15, 0.2) is 17.6 Å². The van der Waals surface area contributed by atoms with Gasteiger partial charge in [-0.3, -0.25) is 19.4 Å². The number of anilines is 1. The molecule has 4 amide bonds. The predicted molar refractivity (Wildman–Crippen MR) is 170 cm³/mol. The monoisotopic (exact) mass is 639 g/mol. The van der Waals surface area contributed by atoms with Crippen LogP contribution < -0.4 is 31.7 Å². The molecule has 4 heterocycles. The van der Waals surface area contributed by atoms with E-state index in [2.05, 4.69) is 20.6 Å². The van der Waals surface area contributed by atoms with Crippen LogP contribution in [0.4, 0.5) is 10.5 Å². The molecule has 2 fully saturated rings. The number of nitrogens with two attached hydrogens (primary N) is 2. The fourth-order valence-electron chi connectivity index (χ4n) is 6.72. The minimum atomic E-state index is -2.72. The Morgan fingerprint density at radius 3 is 2.43 bits per heavy atom. The van der Waals surface area contributed by atoms with E-state index in [0.29, 0.717) is 11.4 Å². The number of rotatable bonds is 7. The highest BCUT2D eigenvalue weighted by Crippen LogP contribution is 2.45. The van der Waals surface area contributed by atoms with E-state index in [9.17, 15) is 24.6 Å². The highest BCUT2D eigenvalue weighted by molar-refractivity contribution is 6.12. The lowest BCUT2D eigenvalue weighted by atomic mass is 9.84. The van der Waals surface area contributed by atoms with Crippen LogP contribution in [0.1, 0.15) is 15.9 Å². The maximum absolute atomic E-state index is 13.7. The second kappa shape index (κ2) is 11.0. The summed E-state index contributed by atoms with van der Waals surface area (Å²) in [7, 11) is 0. The van der Waals surface area contributed by atoms with Crippen molar-refractivity contribution in [3.63, 3.8) is 0 Å². The van der Waals surface area contributed by atoms with Crippen molar-refractivity contribution >= 4 is 35.5 Å². The second-order valence-corrected chi connectivity index (χ2v) is 11.8. The van der Waals surface area contributed by atoms with Crippen LogP contribution in [0.2, 0.25) is 0 Å². The first-order valence-electron chi connectivity index (χ1n) is 15.0. The molecule has 2 saturated heterocycles. The van der Waals surface area contributed by atoms with Crippen LogP contribution in [-0.2, 0) is 4.79 Å². The van der Waals surface area contributed by atoms with Gasteiger partial charge in [-0.2, -0.15) is 0 Å². The highest BCUT2D eigenvalue weighted by Gasteiger charge is 2.73. The zero-order chi connectivity index (χ0) is 33.1. The van der Waals surface area contributed by atoms with Crippen molar-refractivity contribution in [2.45, 2.75) is 36.5 Å². The molecule has 1 spiro atoms. The minimum absolute atomic E-state index is 0.116. The van der Waals surface area contributed by atoms with E-state index in [-0.39, 0.29) is 42.9 Å². The molecule has 4 atom stereocenters. The average Bonchev–Trinajstić information content (AvgIpc) is 3.63. The van der Waals surface area contributed by atoms with E-state index in [1.165, 1.54) is 9.80 Å². The summed E-state index contributed by atoms with van der Waals surface area (Å²) in [4.78, 5) is 52.8. The van der Waals surface area contributed by atoms with Crippen LogP contribution in [0.15, 0.2) is 88.8 Å². The number of carbonyl (C=O) groups excluding carboxylic acids is 3. The van der Waals surface area contributed by atoms with E-state index < -0.39 is 47.4 Å². The van der Waals surface area contributed by atoms with Gasteiger partial charge in [0.2, 0.25) is 5.79 Å². The summed E-state index contributed by atoms with van der Waals surface area (Å²) in [5.41, 5.74) is 12.2. The van der Waals surface area contributed by atoms with Gasteiger partial charge in [-0.15, -0.1) is 0 Å². The summed E-state index contributed by atoms with van der Waals surface area (Å²) in [6, 6.07) is 18.7. The van der Waals surface area contributed by atoms with Gasteiger partial charge in [0, 0.05) is 12.2 Å². The van der Waals surface area contributed by atoms with Gasteiger partial charge >= 0.3 is 6.03 Å². The first-order valence-corrected chi connectivity index (χ1v) is 15.0. The van der Waals surface area contributed by atoms with Gasteiger partial charge < -0.3 is 42.0 Å². The number of nitrogens with one attached hydrogen (secondary N) is 2. The fraction of sp³-hybridized carbons (Fsp3) is 0.281. The molecule has 0 radical (unpaired) electrons. The minimum Gasteiger partial charge on any atom is -0.456 e. The highest BCUT2D eigenvalue weighted by atomic mass is 16.5. The average molecular weight is 640 g/mol. The zero-order valence-corrected chi connectivity index (χ0v) is 25.3. The quantitative estimate of drug-likeness (QED) is 0.151. The molecule has 3 aromatic rings. The Kier molecular flexibility index (Phi) is 7.02. The van der Waals surface area contributed by atoms with Crippen molar-refractivity contribution in [3.05, 3.63) is 90.0 Å². The molecule has 0 saturated carbocycles. The third-order valence-electron chi connectivity index (χ3n) is 9.05. The Labute approximate surface area is 269 Å². The Hall–Kier alpha value is -5.67. The smallest absolute Gasteiger partial charge is 0.331 e. The molecule has 0 aliphatic carbocycles. The largest absolute Gasteiger partial charge is 0.456 e. The number of benzene rings is 3. The van der Waals surface area contributed by atoms with Crippen molar-refractivity contribution in [3.8, 4) is 11.5 Å². The summed E-state index contributed by atoms with van der Waals surface area (Å²) in [6.07, 6.45) is 0. The summed E-state index contributed by atoms with van der Waals surface area (Å²) >= 11 is 0. The van der Waals surface area contributed by atoms with Gasteiger partial charge in [0.05, 0.1) is 18.2 Å². The SMILES string of the molecule is Cc1ccccc1Oc1ccccc1C(=O)NC1CN2C(N)=N[C@@H](CN3C(=O)CN(c4ccccc4)C3=O)C3N=C(N)NC32C1(O)O. The van der Waals surface area contributed by atoms with Crippen molar-refractivity contribution in [2.75, 3.05) is 24.5 Å². The number of guanidine groups is 2. The van der Waals surface area contributed by atoms with Crippen molar-refractivity contribution in [1.82, 2.24) is 20.4 Å². The summed E-state index contributed by atoms with van der Waals surface area (Å²) in [5, 5.41) is 29.3. The number of nitrogens with zero attached hydrogens (tertiary/aromatic N) is 5. The number of urea groups is 1.